The average Bonchev–Trinajstić information content (AvgIpc) is 2.47. The Bertz CT molecular complexity index is 818. The van der Waals surface area contributed by atoms with E-state index in [1.54, 1.807) is 24.3 Å². The first kappa shape index (κ1) is 15.8. The number of nitro benzene ring substituents is 1. The van der Waals surface area contributed by atoms with Crippen LogP contribution in [0.3, 0.4) is 0 Å². The fraction of sp³-hybridized carbons (Fsp3) is 0.143. The molecule has 0 aromatic heterocycles. The van der Waals surface area contributed by atoms with Gasteiger partial charge >= 0.3 is 0 Å². The van der Waals surface area contributed by atoms with E-state index in [0.717, 1.165) is 0 Å². The zero-order valence-electron chi connectivity index (χ0n) is 11.9. The largest absolute Gasteiger partial charge is 0.495 e. The molecule has 0 unspecified atom stereocenters. The summed E-state index contributed by atoms with van der Waals surface area (Å²) in [5.41, 5.74) is 0.0914. The molecule has 2 rings (SSSR count). The van der Waals surface area contributed by atoms with E-state index in [1.165, 1.54) is 32.2 Å². The van der Waals surface area contributed by atoms with Crippen molar-refractivity contribution in [3.05, 3.63) is 58.1 Å². The summed E-state index contributed by atoms with van der Waals surface area (Å²) in [6, 6.07) is 10.4. The van der Waals surface area contributed by atoms with Gasteiger partial charge in [-0.3, -0.25) is 14.8 Å². The minimum absolute atomic E-state index is 0.0786. The lowest BCUT2D eigenvalue weighted by Crippen LogP contribution is -2.15. The summed E-state index contributed by atoms with van der Waals surface area (Å²) in [7, 11) is -2.54. The highest BCUT2D eigenvalue weighted by Gasteiger charge is 2.23. The Hall–Kier alpha value is -2.61. The summed E-state index contributed by atoms with van der Waals surface area (Å²) in [5, 5.41) is 10.9. The van der Waals surface area contributed by atoms with Crippen molar-refractivity contribution in [2.45, 2.75) is 11.8 Å². The summed E-state index contributed by atoms with van der Waals surface area (Å²) in [5.74, 6) is 0.356. The number of nitrogens with one attached hydrogen (secondary N) is 1. The number of rotatable bonds is 5. The lowest BCUT2D eigenvalue weighted by Gasteiger charge is -2.13. The van der Waals surface area contributed by atoms with Crippen molar-refractivity contribution < 1.29 is 18.1 Å². The van der Waals surface area contributed by atoms with Gasteiger partial charge in [-0.05, 0) is 25.1 Å². The van der Waals surface area contributed by atoms with E-state index < -0.39 is 14.9 Å². The molecular formula is C14H14N2O5S. The van der Waals surface area contributed by atoms with E-state index in [-0.39, 0.29) is 21.8 Å². The molecule has 0 amide bonds. The molecule has 0 fully saturated rings. The lowest BCUT2D eigenvalue weighted by atomic mass is 10.2. The maximum atomic E-state index is 12.5. The molecule has 0 aliphatic carbocycles. The van der Waals surface area contributed by atoms with Gasteiger partial charge in [0.2, 0.25) is 0 Å². The van der Waals surface area contributed by atoms with Gasteiger partial charge in [-0.1, -0.05) is 18.2 Å². The van der Waals surface area contributed by atoms with Crippen LogP contribution >= 0.6 is 0 Å². The molecule has 22 heavy (non-hydrogen) atoms. The second-order valence-electron chi connectivity index (χ2n) is 4.46. The number of ether oxygens (including phenoxy) is 1. The predicted octanol–water partition coefficient (Wildman–Crippen LogP) is 2.71. The standard InChI is InChI=1S/C14H14N2O5S/c1-10-12(16(17)18)7-5-9-14(10)22(19,20)15-11-6-3-4-8-13(11)21-2/h3-9,15H,1-2H3. The van der Waals surface area contributed by atoms with Crippen LogP contribution in [0.25, 0.3) is 0 Å². The molecule has 2 aromatic rings. The van der Waals surface area contributed by atoms with Gasteiger partial charge in [-0.25, -0.2) is 8.42 Å². The van der Waals surface area contributed by atoms with E-state index >= 15 is 0 Å². The fourth-order valence-corrected chi connectivity index (χ4v) is 3.35. The van der Waals surface area contributed by atoms with Crippen LogP contribution in [-0.2, 0) is 10.0 Å². The molecule has 0 atom stereocenters. The molecule has 2 aromatic carbocycles. The van der Waals surface area contributed by atoms with E-state index in [2.05, 4.69) is 4.72 Å². The van der Waals surface area contributed by atoms with Crippen molar-refractivity contribution >= 4 is 21.4 Å². The molecule has 0 saturated carbocycles. The van der Waals surface area contributed by atoms with Crippen LogP contribution in [0.15, 0.2) is 47.4 Å². The van der Waals surface area contributed by atoms with Gasteiger partial charge in [0.1, 0.15) is 5.75 Å². The maximum absolute atomic E-state index is 12.5. The zero-order chi connectivity index (χ0) is 16.3. The number of methoxy groups -OCH3 is 1. The summed E-state index contributed by atoms with van der Waals surface area (Å²) in [4.78, 5) is 10.2. The van der Waals surface area contributed by atoms with Crippen molar-refractivity contribution in [2.75, 3.05) is 11.8 Å². The fourth-order valence-electron chi connectivity index (χ4n) is 2.02. The van der Waals surface area contributed by atoms with Gasteiger partial charge in [0.15, 0.2) is 0 Å². The second-order valence-corrected chi connectivity index (χ2v) is 6.11. The smallest absolute Gasteiger partial charge is 0.273 e. The highest BCUT2D eigenvalue weighted by Crippen LogP contribution is 2.29. The van der Waals surface area contributed by atoms with Gasteiger partial charge in [-0.15, -0.1) is 0 Å². The maximum Gasteiger partial charge on any atom is 0.273 e. The van der Waals surface area contributed by atoms with Gasteiger partial charge in [0, 0.05) is 11.6 Å². The molecular weight excluding hydrogens is 308 g/mol. The molecule has 0 aliphatic rings. The Morgan fingerprint density at radius 3 is 2.45 bits per heavy atom. The SMILES string of the molecule is COc1ccccc1NS(=O)(=O)c1cccc([N+](=O)[O-])c1C. The van der Waals surface area contributed by atoms with Crippen LogP contribution in [0.5, 0.6) is 5.75 Å². The molecule has 8 heteroatoms. The number of sulfonamides is 1. The first-order valence-corrected chi connectivity index (χ1v) is 7.75. The minimum atomic E-state index is -3.97. The third-order valence-corrected chi connectivity index (χ3v) is 4.60. The average molecular weight is 322 g/mol. The highest BCUT2D eigenvalue weighted by atomic mass is 32.2. The number of nitrogens with zero attached hydrogens (tertiary/aromatic N) is 1. The van der Waals surface area contributed by atoms with Crippen molar-refractivity contribution in [3.63, 3.8) is 0 Å². The molecule has 0 heterocycles. The molecule has 0 radical (unpaired) electrons. The van der Waals surface area contributed by atoms with Crippen LogP contribution in [0.1, 0.15) is 5.56 Å². The molecule has 7 nitrogen and oxygen atoms in total. The monoisotopic (exact) mass is 322 g/mol. The summed E-state index contributed by atoms with van der Waals surface area (Å²) >= 11 is 0. The van der Waals surface area contributed by atoms with Crippen LogP contribution in [-0.4, -0.2) is 20.5 Å². The number of nitro groups is 1. The number of benzene rings is 2. The second kappa shape index (κ2) is 6.02. The van der Waals surface area contributed by atoms with E-state index in [0.29, 0.717) is 5.75 Å². The quantitative estimate of drug-likeness (QED) is 0.674. The van der Waals surface area contributed by atoms with E-state index in [4.69, 9.17) is 4.74 Å². The molecule has 0 aliphatic heterocycles. The number of hydrogen-bond donors (Lipinski definition) is 1. The number of hydrogen-bond acceptors (Lipinski definition) is 5. The summed E-state index contributed by atoms with van der Waals surface area (Å²) in [6.07, 6.45) is 0. The third-order valence-electron chi connectivity index (χ3n) is 3.09. The Morgan fingerprint density at radius 1 is 1.14 bits per heavy atom. The Balaban J connectivity index is 2.48. The Morgan fingerprint density at radius 2 is 1.82 bits per heavy atom. The Labute approximate surface area is 127 Å². The molecule has 0 spiro atoms. The number of anilines is 1. The first-order valence-electron chi connectivity index (χ1n) is 6.26. The minimum Gasteiger partial charge on any atom is -0.495 e. The van der Waals surface area contributed by atoms with E-state index in [1.807, 2.05) is 0 Å². The van der Waals surface area contributed by atoms with Crippen LogP contribution in [0, 0.1) is 17.0 Å². The van der Waals surface area contributed by atoms with Crippen molar-refractivity contribution in [1.82, 2.24) is 0 Å². The van der Waals surface area contributed by atoms with Gasteiger partial charge in [-0.2, -0.15) is 0 Å². The van der Waals surface area contributed by atoms with Crippen molar-refractivity contribution in [1.29, 1.82) is 0 Å². The predicted molar refractivity (Wildman–Crippen MR) is 81.6 cm³/mol. The first-order chi connectivity index (χ1) is 10.4. The van der Waals surface area contributed by atoms with Crippen LogP contribution in [0.2, 0.25) is 0 Å². The van der Waals surface area contributed by atoms with Crippen molar-refractivity contribution in [2.24, 2.45) is 0 Å². The molecule has 1 N–H and O–H groups in total. The third kappa shape index (κ3) is 3.01. The topological polar surface area (TPSA) is 98.5 Å². The zero-order valence-corrected chi connectivity index (χ0v) is 12.8. The highest BCUT2D eigenvalue weighted by molar-refractivity contribution is 7.92. The normalized spacial score (nSPS) is 11.0. The van der Waals surface area contributed by atoms with Crippen LogP contribution in [0.4, 0.5) is 11.4 Å². The van der Waals surface area contributed by atoms with Crippen LogP contribution < -0.4 is 9.46 Å². The molecule has 116 valence electrons. The van der Waals surface area contributed by atoms with Gasteiger partial charge < -0.3 is 4.74 Å². The van der Waals surface area contributed by atoms with Gasteiger partial charge in [0.25, 0.3) is 15.7 Å². The van der Waals surface area contributed by atoms with Gasteiger partial charge in [0.05, 0.1) is 22.6 Å². The molecule has 0 bridgehead atoms. The lowest BCUT2D eigenvalue weighted by molar-refractivity contribution is -0.385. The number of para-hydroxylation sites is 2. The summed E-state index contributed by atoms with van der Waals surface area (Å²) in [6.45, 7) is 1.40. The van der Waals surface area contributed by atoms with Crippen molar-refractivity contribution in [3.8, 4) is 5.75 Å². The Kier molecular flexibility index (Phi) is 4.32. The van der Waals surface area contributed by atoms with E-state index in [9.17, 15) is 18.5 Å². The summed E-state index contributed by atoms with van der Waals surface area (Å²) < 4.78 is 32.4. The molecule has 0 saturated heterocycles.